The number of aryl methyl sites for hydroxylation is 1. The number of halogens is 1. The standard InChI is InChI=1S/C19H19IN2O3S2/c1-13-18(26-19(22-13)14-3-7-16(25-2)8-4-14)11-12-21-27(23,24)17-9-5-15(20)6-10-17/h3-10,21H,11-12H2,1-2H3. The van der Waals surface area contributed by atoms with Crippen LogP contribution in [-0.2, 0) is 16.4 Å². The van der Waals surface area contributed by atoms with E-state index in [0.29, 0.717) is 13.0 Å². The van der Waals surface area contributed by atoms with Gasteiger partial charge in [-0.3, -0.25) is 0 Å². The summed E-state index contributed by atoms with van der Waals surface area (Å²) in [5.74, 6) is 0.803. The first-order chi connectivity index (χ1) is 12.9. The van der Waals surface area contributed by atoms with Gasteiger partial charge in [0.15, 0.2) is 0 Å². The molecule has 0 radical (unpaired) electrons. The van der Waals surface area contributed by atoms with Crippen LogP contribution in [0.5, 0.6) is 5.75 Å². The van der Waals surface area contributed by atoms with Crippen molar-refractivity contribution in [2.24, 2.45) is 0 Å². The van der Waals surface area contributed by atoms with E-state index in [2.05, 4.69) is 32.3 Å². The van der Waals surface area contributed by atoms with Crippen LogP contribution in [0.2, 0.25) is 0 Å². The quantitative estimate of drug-likeness (QED) is 0.479. The number of hydrogen-bond donors (Lipinski definition) is 1. The third-order valence-corrected chi connectivity index (χ3v) is 7.46. The van der Waals surface area contributed by atoms with Gasteiger partial charge in [0.25, 0.3) is 0 Å². The van der Waals surface area contributed by atoms with E-state index in [0.717, 1.165) is 30.5 Å². The van der Waals surface area contributed by atoms with Gasteiger partial charge in [0.1, 0.15) is 10.8 Å². The van der Waals surface area contributed by atoms with Crippen LogP contribution in [0.4, 0.5) is 0 Å². The second kappa shape index (κ2) is 8.68. The fourth-order valence-electron chi connectivity index (χ4n) is 2.51. The average molecular weight is 514 g/mol. The molecule has 1 N–H and O–H groups in total. The van der Waals surface area contributed by atoms with Gasteiger partial charge < -0.3 is 4.74 Å². The summed E-state index contributed by atoms with van der Waals surface area (Å²) in [6.45, 7) is 2.28. The van der Waals surface area contributed by atoms with Gasteiger partial charge >= 0.3 is 0 Å². The fraction of sp³-hybridized carbons (Fsp3) is 0.211. The third-order valence-electron chi connectivity index (χ3n) is 4.00. The molecule has 0 fully saturated rings. The van der Waals surface area contributed by atoms with E-state index in [9.17, 15) is 8.42 Å². The second-order valence-electron chi connectivity index (χ2n) is 5.86. The molecule has 5 nitrogen and oxygen atoms in total. The molecule has 8 heteroatoms. The third kappa shape index (κ3) is 5.07. The van der Waals surface area contributed by atoms with Crippen molar-refractivity contribution in [3.05, 3.63) is 62.7 Å². The average Bonchev–Trinajstić information content (AvgIpc) is 3.03. The van der Waals surface area contributed by atoms with Crippen LogP contribution in [0.1, 0.15) is 10.6 Å². The van der Waals surface area contributed by atoms with Crippen LogP contribution in [0, 0.1) is 10.5 Å². The molecule has 3 rings (SSSR count). The molecule has 0 saturated carbocycles. The Hall–Kier alpha value is -1.49. The minimum Gasteiger partial charge on any atom is -0.497 e. The molecule has 0 aliphatic carbocycles. The summed E-state index contributed by atoms with van der Waals surface area (Å²) >= 11 is 3.73. The Bertz CT molecular complexity index is 1010. The van der Waals surface area contributed by atoms with Crippen LogP contribution >= 0.6 is 33.9 Å². The van der Waals surface area contributed by atoms with Crippen LogP contribution in [0.15, 0.2) is 53.4 Å². The van der Waals surface area contributed by atoms with Crippen LogP contribution in [0.25, 0.3) is 10.6 Å². The minimum atomic E-state index is -3.50. The lowest BCUT2D eigenvalue weighted by Crippen LogP contribution is -2.25. The number of benzene rings is 2. The molecule has 0 spiro atoms. The van der Waals surface area contributed by atoms with E-state index >= 15 is 0 Å². The van der Waals surface area contributed by atoms with E-state index in [4.69, 9.17) is 4.74 Å². The number of hydrogen-bond acceptors (Lipinski definition) is 5. The molecule has 0 saturated heterocycles. The lowest BCUT2D eigenvalue weighted by Gasteiger charge is -2.06. The Balaban J connectivity index is 1.66. The maximum Gasteiger partial charge on any atom is 0.240 e. The van der Waals surface area contributed by atoms with Gasteiger partial charge in [0.2, 0.25) is 10.0 Å². The Kier molecular flexibility index (Phi) is 6.51. The smallest absolute Gasteiger partial charge is 0.240 e. The van der Waals surface area contributed by atoms with E-state index in [1.807, 2.05) is 31.2 Å². The SMILES string of the molecule is COc1ccc(-c2nc(C)c(CCNS(=O)(=O)c3ccc(I)cc3)s2)cc1. The highest BCUT2D eigenvalue weighted by molar-refractivity contribution is 14.1. The van der Waals surface area contributed by atoms with Crippen LogP contribution in [-0.4, -0.2) is 27.1 Å². The Morgan fingerprint density at radius 1 is 1.11 bits per heavy atom. The predicted molar refractivity (Wildman–Crippen MR) is 117 cm³/mol. The minimum absolute atomic E-state index is 0.280. The number of nitrogens with zero attached hydrogens (tertiary/aromatic N) is 1. The van der Waals surface area contributed by atoms with Crippen molar-refractivity contribution in [1.82, 2.24) is 9.71 Å². The number of thiazole rings is 1. The predicted octanol–water partition coefficient (Wildman–Crippen LogP) is 4.25. The summed E-state index contributed by atoms with van der Waals surface area (Å²) < 4.78 is 33.6. The van der Waals surface area contributed by atoms with Gasteiger partial charge in [-0.2, -0.15) is 0 Å². The summed E-state index contributed by atoms with van der Waals surface area (Å²) in [6, 6.07) is 14.5. The zero-order valence-electron chi connectivity index (χ0n) is 14.9. The monoisotopic (exact) mass is 514 g/mol. The Morgan fingerprint density at radius 3 is 2.41 bits per heavy atom. The van der Waals surface area contributed by atoms with Gasteiger partial charge in [-0.1, -0.05) is 0 Å². The zero-order valence-corrected chi connectivity index (χ0v) is 18.7. The van der Waals surface area contributed by atoms with Crippen LogP contribution in [0.3, 0.4) is 0 Å². The molecule has 3 aromatic rings. The first-order valence-corrected chi connectivity index (χ1v) is 11.6. The topological polar surface area (TPSA) is 68.3 Å². The summed E-state index contributed by atoms with van der Waals surface area (Å²) in [7, 11) is -1.86. The van der Waals surface area contributed by atoms with E-state index in [1.165, 1.54) is 0 Å². The molecule has 1 heterocycles. The molecule has 0 amide bonds. The molecule has 0 aliphatic heterocycles. The summed E-state index contributed by atoms with van der Waals surface area (Å²) in [5.41, 5.74) is 1.95. The number of ether oxygens (including phenoxy) is 1. The molecule has 27 heavy (non-hydrogen) atoms. The number of methoxy groups -OCH3 is 1. The van der Waals surface area contributed by atoms with Gasteiger partial charge in [0.05, 0.1) is 17.7 Å². The normalized spacial score (nSPS) is 11.5. The van der Waals surface area contributed by atoms with Gasteiger partial charge in [-0.05, 0) is 84.5 Å². The lowest BCUT2D eigenvalue weighted by atomic mass is 10.2. The van der Waals surface area contributed by atoms with Gasteiger partial charge in [0, 0.05) is 20.6 Å². The summed E-state index contributed by atoms with van der Waals surface area (Å²) in [5, 5.41) is 0.922. The zero-order chi connectivity index (χ0) is 19.4. The van der Waals surface area contributed by atoms with Crippen molar-refractivity contribution in [2.45, 2.75) is 18.2 Å². The first kappa shape index (κ1) is 20.2. The number of nitrogens with one attached hydrogen (secondary N) is 1. The van der Waals surface area contributed by atoms with E-state index in [-0.39, 0.29) is 4.90 Å². The Labute approximate surface area is 177 Å². The lowest BCUT2D eigenvalue weighted by molar-refractivity contribution is 0.415. The number of rotatable bonds is 7. The van der Waals surface area contributed by atoms with Crippen molar-refractivity contribution in [1.29, 1.82) is 0 Å². The largest absolute Gasteiger partial charge is 0.497 e. The van der Waals surface area contributed by atoms with Crippen molar-refractivity contribution in [3.8, 4) is 16.3 Å². The molecule has 0 atom stereocenters. The fourth-order valence-corrected chi connectivity index (χ4v) is 4.97. The highest BCUT2D eigenvalue weighted by atomic mass is 127. The summed E-state index contributed by atoms with van der Waals surface area (Å²) in [6.07, 6.45) is 0.600. The van der Waals surface area contributed by atoms with Gasteiger partial charge in [-0.25, -0.2) is 18.1 Å². The molecule has 0 unspecified atom stereocenters. The van der Waals surface area contributed by atoms with E-state index < -0.39 is 10.0 Å². The molecule has 0 bridgehead atoms. The highest BCUT2D eigenvalue weighted by Gasteiger charge is 2.15. The highest BCUT2D eigenvalue weighted by Crippen LogP contribution is 2.29. The number of aromatic nitrogens is 1. The molecular weight excluding hydrogens is 495 g/mol. The van der Waals surface area contributed by atoms with Crippen molar-refractivity contribution in [2.75, 3.05) is 13.7 Å². The molecular formula is C19H19IN2O3S2. The Morgan fingerprint density at radius 2 is 1.78 bits per heavy atom. The molecule has 0 aliphatic rings. The maximum atomic E-state index is 12.4. The molecule has 1 aromatic heterocycles. The van der Waals surface area contributed by atoms with Gasteiger partial charge in [-0.15, -0.1) is 11.3 Å². The van der Waals surface area contributed by atoms with Crippen molar-refractivity contribution >= 4 is 44.0 Å². The van der Waals surface area contributed by atoms with E-state index in [1.54, 1.807) is 42.7 Å². The van der Waals surface area contributed by atoms with Crippen molar-refractivity contribution < 1.29 is 13.2 Å². The molecule has 2 aromatic carbocycles. The van der Waals surface area contributed by atoms with Crippen molar-refractivity contribution in [3.63, 3.8) is 0 Å². The summed E-state index contributed by atoms with van der Waals surface area (Å²) in [4.78, 5) is 5.97. The molecule has 142 valence electrons. The maximum absolute atomic E-state index is 12.4. The van der Waals surface area contributed by atoms with Crippen LogP contribution < -0.4 is 9.46 Å². The first-order valence-electron chi connectivity index (χ1n) is 8.25. The number of sulfonamides is 1. The second-order valence-corrected chi connectivity index (χ2v) is 9.95.